The average molecular weight is 428 g/mol. The third kappa shape index (κ3) is 4.84. The smallest absolute Gasteiger partial charge is 0.330 e. The standard InChI is InChI=1S/C23H33N5O3/c1-4-6-13-27(20-21(24)28(11-5-2)23(31)25-22(20)30)19(29)15-26-12-7-8-17-14-16(3)9-10-18(17)26/h9-10,14H,4-8,11-13,15,24H2,1-3H3,(H,25,30,31). The summed E-state index contributed by atoms with van der Waals surface area (Å²) in [6.07, 6.45) is 4.25. The Kier molecular flexibility index (Phi) is 7.20. The third-order valence-corrected chi connectivity index (χ3v) is 5.74. The number of aromatic amines is 1. The zero-order valence-corrected chi connectivity index (χ0v) is 18.7. The van der Waals surface area contributed by atoms with Gasteiger partial charge in [0.05, 0.1) is 6.54 Å². The Bertz CT molecular complexity index is 1060. The maximum Gasteiger partial charge on any atom is 0.330 e. The van der Waals surface area contributed by atoms with Crippen LogP contribution in [0.2, 0.25) is 0 Å². The molecule has 0 unspecified atom stereocenters. The molecule has 31 heavy (non-hydrogen) atoms. The van der Waals surface area contributed by atoms with Gasteiger partial charge in [0, 0.05) is 25.3 Å². The van der Waals surface area contributed by atoms with Gasteiger partial charge in [0.15, 0.2) is 5.69 Å². The number of aromatic nitrogens is 2. The molecule has 0 spiro atoms. The van der Waals surface area contributed by atoms with Gasteiger partial charge in [-0.2, -0.15) is 0 Å². The number of nitrogens with zero attached hydrogens (tertiary/aromatic N) is 3. The van der Waals surface area contributed by atoms with Crippen LogP contribution in [0.3, 0.4) is 0 Å². The van der Waals surface area contributed by atoms with Crippen molar-refractivity contribution >= 4 is 23.1 Å². The number of nitrogens with two attached hydrogens (primary N) is 1. The Morgan fingerprint density at radius 1 is 1.23 bits per heavy atom. The van der Waals surface area contributed by atoms with E-state index in [9.17, 15) is 14.4 Å². The number of nitrogens with one attached hydrogen (secondary N) is 1. The van der Waals surface area contributed by atoms with E-state index in [1.807, 2.05) is 13.8 Å². The quantitative estimate of drug-likeness (QED) is 0.673. The molecular weight excluding hydrogens is 394 g/mol. The fraction of sp³-hybridized carbons (Fsp3) is 0.522. The molecule has 8 nitrogen and oxygen atoms in total. The van der Waals surface area contributed by atoms with E-state index >= 15 is 0 Å². The first-order valence-corrected chi connectivity index (χ1v) is 11.1. The van der Waals surface area contributed by atoms with Crippen molar-refractivity contribution in [1.29, 1.82) is 0 Å². The molecule has 0 bridgehead atoms. The van der Waals surface area contributed by atoms with Crippen molar-refractivity contribution in [3.8, 4) is 0 Å². The van der Waals surface area contributed by atoms with E-state index in [1.54, 1.807) is 0 Å². The van der Waals surface area contributed by atoms with Gasteiger partial charge >= 0.3 is 5.69 Å². The predicted octanol–water partition coefficient (Wildman–Crippen LogP) is 2.42. The van der Waals surface area contributed by atoms with Crippen LogP contribution >= 0.6 is 0 Å². The molecule has 1 aliphatic rings. The molecule has 1 aromatic heterocycles. The lowest BCUT2D eigenvalue weighted by Gasteiger charge is -2.33. The molecular formula is C23H33N5O3. The Balaban J connectivity index is 1.96. The molecule has 1 aromatic carbocycles. The number of fused-ring (bicyclic) bond motifs is 1. The van der Waals surface area contributed by atoms with Crippen LogP contribution in [0.1, 0.15) is 50.7 Å². The van der Waals surface area contributed by atoms with E-state index in [4.69, 9.17) is 5.73 Å². The Morgan fingerprint density at radius 2 is 2.00 bits per heavy atom. The molecule has 0 saturated heterocycles. The number of nitrogen functional groups attached to an aromatic ring is 1. The highest BCUT2D eigenvalue weighted by Gasteiger charge is 2.27. The number of unbranched alkanes of at least 4 members (excludes halogenated alkanes) is 1. The number of carbonyl (C=O) groups is 1. The van der Waals surface area contributed by atoms with Gasteiger partial charge in [-0.15, -0.1) is 0 Å². The summed E-state index contributed by atoms with van der Waals surface area (Å²) < 4.78 is 1.34. The van der Waals surface area contributed by atoms with Crippen molar-refractivity contribution in [3.05, 3.63) is 50.2 Å². The lowest BCUT2D eigenvalue weighted by atomic mass is 9.99. The SMILES string of the molecule is CCCCN(C(=O)CN1CCCc2cc(C)ccc21)c1c(N)n(CCC)c(=O)[nH]c1=O. The number of hydrogen-bond acceptors (Lipinski definition) is 5. The monoisotopic (exact) mass is 427 g/mol. The first-order chi connectivity index (χ1) is 14.9. The molecule has 3 N–H and O–H groups in total. The van der Waals surface area contributed by atoms with Gasteiger partial charge in [-0.05, 0) is 44.2 Å². The van der Waals surface area contributed by atoms with Crippen LogP contribution in [0.25, 0.3) is 0 Å². The summed E-state index contributed by atoms with van der Waals surface area (Å²) in [5.41, 5.74) is 8.67. The van der Waals surface area contributed by atoms with Crippen molar-refractivity contribution < 1.29 is 4.79 Å². The zero-order valence-electron chi connectivity index (χ0n) is 18.7. The van der Waals surface area contributed by atoms with E-state index in [0.717, 1.165) is 37.9 Å². The predicted molar refractivity (Wildman–Crippen MR) is 125 cm³/mol. The minimum absolute atomic E-state index is 0.0507. The first kappa shape index (κ1) is 22.7. The lowest BCUT2D eigenvalue weighted by molar-refractivity contribution is -0.117. The van der Waals surface area contributed by atoms with E-state index in [1.165, 1.54) is 20.6 Å². The van der Waals surface area contributed by atoms with Crippen LogP contribution in [-0.2, 0) is 17.8 Å². The fourth-order valence-electron chi connectivity index (χ4n) is 4.18. The first-order valence-electron chi connectivity index (χ1n) is 11.1. The Labute approximate surface area is 182 Å². The number of H-pyrrole nitrogens is 1. The van der Waals surface area contributed by atoms with Gasteiger partial charge in [-0.3, -0.25) is 19.1 Å². The maximum absolute atomic E-state index is 13.4. The van der Waals surface area contributed by atoms with E-state index < -0.39 is 11.2 Å². The summed E-state index contributed by atoms with van der Waals surface area (Å²) in [6.45, 7) is 7.71. The van der Waals surface area contributed by atoms with Gasteiger partial charge in [0.25, 0.3) is 5.56 Å². The average Bonchev–Trinajstić information content (AvgIpc) is 2.73. The maximum atomic E-state index is 13.4. The largest absolute Gasteiger partial charge is 0.383 e. The summed E-state index contributed by atoms with van der Waals surface area (Å²) in [4.78, 5) is 44.2. The zero-order chi connectivity index (χ0) is 22.5. The van der Waals surface area contributed by atoms with Crippen molar-refractivity contribution in [2.75, 3.05) is 35.2 Å². The Hall–Kier alpha value is -3.03. The summed E-state index contributed by atoms with van der Waals surface area (Å²) >= 11 is 0. The minimum atomic E-state index is -0.617. The van der Waals surface area contributed by atoms with Gasteiger partial charge in [0.1, 0.15) is 5.82 Å². The van der Waals surface area contributed by atoms with Crippen LogP contribution in [0, 0.1) is 6.92 Å². The third-order valence-electron chi connectivity index (χ3n) is 5.74. The molecule has 0 fully saturated rings. The molecule has 8 heteroatoms. The molecule has 0 atom stereocenters. The van der Waals surface area contributed by atoms with Gasteiger partial charge < -0.3 is 15.5 Å². The second-order valence-corrected chi connectivity index (χ2v) is 8.20. The molecule has 0 aliphatic carbocycles. The van der Waals surface area contributed by atoms with Crippen molar-refractivity contribution in [3.63, 3.8) is 0 Å². The van der Waals surface area contributed by atoms with Gasteiger partial charge in [0.2, 0.25) is 5.91 Å². The van der Waals surface area contributed by atoms with E-state index in [0.29, 0.717) is 19.5 Å². The summed E-state index contributed by atoms with van der Waals surface area (Å²) in [6, 6.07) is 6.29. The molecule has 1 aliphatic heterocycles. The minimum Gasteiger partial charge on any atom is -0.383 e. The van der Waals surface area contributed by atoms with Crippen LogP contribution in [-0.4, -0.2) is 35.1 Å². The second kappa shape index (κ2) is 9.85. The molecule has 0 saturated carbocycles. The number of aryl methyl sites for hydroxylation is 2. The van der Waals surface area contributed by atoms with Crippen molar-refractivity contribution in [2.24, 2.45) is 0 Å². The summed E-state index contributed by atoms with van der Waals surface area (Å²) in [5.74, 6) is -0.143. The molecule has 0 radical (unpaired) electrons. The molecule has 2 aromatic rings. The molecule has 2 heterocycles. The number of amides is 1. The Morgan fingerprint density at radius 3 is 2.71 bits per heavy atom. The highest BCUT2D eigenvalue weighted by molar-refractivity contribution is 5.98. The van der Waals surface area contributed by atoms with Gasteiger partial charge in [-0.1, -0.05) is 38.0 Å². The lowest BCUT2D eigenvalue weighted by Crippen LogP contribution is -2.46. The highest BCUT2D eigenvalue weighted by Crippen LogP contribution is 2.28. The number of rotatable bonds is 8. The van der Waals surface area contributed by atoms with Crippen molar-refractivity contribution in [1.82, 2.24) is 9.55 Å². The highest BCUT2D eigenvalue weighted by atomic mass is 16.2. The second-order valence-electron chi connectivity index (χ2n) is 8.20. The topological polar surface area (TPSA) is 104 Å². The number of hydrogen-bond donors (Lipinski definition) is 2. The normalized spacial score (nSPS) is 13.2. The van der Waals surface area contributed by atoms with Gasteiger partial charge in [-0.25, -0.2) is 4.79 Å². The van der Waals surface area contributed by atoms with Crippen LogP contribution < -0.4 is 26.8 Å². The molecule has 3 rings (SSSR count). The van der Waals surface area contributed by atoms with Crippen LogP contribution in [0.15, 0.2) is 27.8 Å². The summed E-state index contributed by atoms with van der Waals surface area (Å²) in [7, 11) is 0. The van der Waals surface area contributed by atoms with E-state index in [-0.39, 0.29) is 24.0 Å². The number of benzene rings is 1. The number of carbonyl (C=O) groups excluding carboxylic acids is 1. The number of anilines is 3. The van der Waals surface area contributed by atoms with E-state index in [2.05, 4.69) is 35.0 Å². The van der Waals surface area contributed by atoms with Crippen LogP contribution in [0.4, 0.5) is 17.2 Å². The van der Waals surface area contributed by atoms with Crippen LogP contribution in [0.5, 0.6) is 0 Å². The fourth-order valence-corrected chi connectivity index (χ4v) is 4.18. The van der Waals surface area contributed by atoms with Crippen molar-refractivity contribution in [2.45, 2.75) is 59.4 Å². The molecule has 168 valence electrons. The summed E-state index contributed by atoms with van der Waals surface area (Å²) in [5, 5.41) is 0. The molecule has 1 amide bonds.